The molecule has 1 fully saturated rings. The van der Waals surface area contributed by atoms with Gasteiger partial charge in [0.2, 0.25) is 0 Å². The van der Waals surface area contributed by atoms with Crippen LogP contribution in [0, 0.1) is 0 Å². The number of carbonyl (C=O) groups excluding carboxylic acids is 2. The second-order valence-corrected chi connectivity index (χ2v) is 5.67. The highest BCUT2D eigenvalue weighted by Gasteiger charge is 2.31. The minimum atomic E-state index is -4.42. The van der Waals surface area contributed by atoms with Crippen LogP contribution in [0.5, 0.6) is 0 Å². The van der Waals surface area contributed by atoms with E-state index in [2.05, 4.69) is 11.9 Å². The van der Waals surface area contributed by atoms with Crippen LogP contribution >= 0.6 is 0 Å². The molecule has 2 amide bonds. The van der Waals surface area contributed by atoms with Crippen molar-refractivity contribution < 1.29 is 27.5 Å². The van der Waals surface area contributed by atoms with Crippen molar-refractivity contribution in [2.75, 3.05) is 19.7 Å². The number of nitrogens with zero attached hydrogens (tertiary/aromatic N) is 1. The SMILES string of the molecule is C=CCOC(=O)NC1CCN(C(=O)c2ccc(C(F)(F)F)cc2)CC1. The molecule has 1 aliphatic heterocycles. The van der Waals surface area contributed by atoms with Gasteiger partial charge in [0.05, 0.1) is 5.56 Å². The molecule has 1 aliphatic rings. The number of benzene rings is 1. The number of hydrogen-bond acceptors (Lipinski definition) is 3. The Labute approximate surface area is 143 Å². The minimum absolute atomic E-state index is 0.103. The Morgan fingerprint density at radius 3 is 2.36 bits per heavy atom. The molecular weight excluding hydrogens is 337 g/mol. The predicted molar refractivity (Wildman–Crippen MR) is 85.1 cm³/mol. The van der Waals surface area contributed by atoms with Crippen LogP contribution in [0.3, 0.4) is 0 Å². The average molecular weight is 356 g/mol. The van der Waals surface area contributed by atoms with Gasteiger partial charge in [-0.1, -0.05) is 12.7 Å². The van der Waals surface area contributed by atoms with E-state index in [0.717, 1.165) is 12.1 Å². The lowest BCUT2D eigenvalue weighted by molar-refractivity contribution is -0.137. The third-order valence-electron chi connectivity index (χ3n) is 3.90. The summed E-state index contributed by atoms with van der Waals surface area (Å²) in [5.41, 5.74) is -0.574. The van der Waals surface area contributed by atoms with Gasteiger partial charge in [-0.05, 0) is 37.1 Å². The summed E-state index contributed by atoms with van der Waals surface area (Å²) in [6.45, 7) is 4.38. The lowest BCUT2D eigenvalue weighted by Gasteiger charge is -2.32. The maximum atomic E-state index is 12.6. The molecule has 0 unspecified atom stereocenters. The van der Waals surface area contributed by atoms with E-state index in [-0.39, 0.29) is 24.1 Å². The Morgan fingerprint density at radius 2 is 1.84 bits per heavy atom. The number of halogens is 3. The molecule has 1 aromatic rings. The first kappa shape index (κ1) is 18.8. The Balaban J connectivity index is 1.86. The molecule has 1 N–H and O–H groups in total. The summed E-state index contributed by atoms with van der Waals surface area (Å²) >= 11 is 0. The van der Waals surface area contributed by atoms with Crippen LogP contribution < -0.4 is 5.32 Å². The van der Waals surface area contributed by atoms with Gasteiger partial charge in [0, 0.05) is 24.7 Å². The Bertz CT molecular complexity index is 621. The van der Waals surface area contributed by atoms with E-state index in [9.17, 15) is 22.8 Å². The molecular formula is C17H19F3N2O3. The van der Waals surface area contributed by atoms with Crippen molar-refractivity contribution in [3.05, 3.63) is 48.0 Å². The van der Waals surface area contributed by atoms with E-state index in [4.69, 9.17) is 4.74 Å². The van der Waals surface area contributed by atoms with Crippen LogP contribution in [-0.4, -0.2) is 42.6 Å². The van der Waals surface area contributed by atoms with E-state index in [1.807, 2.05) is 0 Å². The van der Waals surface area contributed by atoms with E-state index >= 15 is 0 Å². The number of ether oxygens (including phenoxy) is 1. The summed E-state index contributed by atoms with van der Waals surface area (Å²) in [5, 5.41) is 2.71. The second kappa shape index (κ2) is 8.04. The molecule has 136 valence electrons. The molecule has 0 aromatic heterocycles. The van der Waals surface area contributed by atoms with Gasteiger partial charge in [-0.25, -0.2) is 4.79 Å². The third-order valence-corrected chi connectivity index (χ3v) is 3.90. The lowest BCUT2D eigenvalue weighted by atomic mass is 10.0. The van der Waals surface area contributed by atoms with Crippen molar-refractivity contribution in [3.8, 4) is 0 Å². The standard InChI is InChI=1S/C17H19F3N2O3/c1-2-11-25-16(24)21-14-7-9-22(10-8-14)15(23)12-3-5-13(6-4-12)17(18,19)20/h2-6,14H,1,7-11H2,(H,21,24). The largest absolute Gasteiger partial charge is 0.445 e. The molecule has 0 saturated carbocycles. The molecule has 0 aliphatic carbocycles. The van der Waals surface area contributed by atoms with Crippen molar-refractivity contribution in [3.63, 3.8) is 0 Å². The highest BCUT2D eigenvalue weighted by atomic mass is 19.4. The summed E-state index contributed by atoms with van der Waals surface area (Å²) in [7, 11) is 0. The number of alkyl halides is 3. The first-order valence-corrected chi connectivity index (χ1v) is 7.82. The number of alkyl carbamates (subject to hydrolysis) is 1. The first-order valence-electron chi connectivity index (χ1n) is 7.82. The highest BCUT2D eigenvalue weighted by Crippen LogP contribution is 2.29. The van der Waals surface area contributed by atoms with Crippen LogP contribution in [0.1, 0.15) is 28.8 Å². The van der Waals surface area contributed by atoms with Crippen molar-refractivity contribution in [1.29, 1.82) is 0 Å². The number of piperidine rings is 1. The second-order valence-electron chi connectivity index (χ2n) is 5.67. The van der Waals surface area contributed by atoms with Crippen LogP contribution in [0.2, 0.25) is 0 Å². The number of carbonyl (C=O) groups is 2. The molecule has 0 atom stereocenters. The molecule has 0 bridgehead atoms. The van der Waals surface area contributed by atoms with Crippen LogP contribution in [0.25, 0.3) is 0 Å². The third kappa shape index (κ3) is 5.23. The highest BCUT2D eigenvalue weighted by molar-refractivity contribution is 5.94. The van der Waals surface area contributed by atoms with E-state index in [1.165, 1.54) is 18.2 Å². The molecule has 0 radical (unpaired) electrons. The fourth-order valence-electron chi connectivity index (χ4n) is 2.55. The minimum Gasteiger partial charge on any atom is -0.445 e. The van der Waals surface area contributed by atoms with Crippen molar-refractivity contribution in [2.45, 2.75) is 25.1 Å². The van der Waals surface area contributed by atoms with Gasteiger partial charge < -0.3 is 15.0 Å². The zero-order chi connectivity index (χ0) is 18.4. The molecule has 2 rings (SSSR count). The van der Waals surface area contributed by atoms with E-state index in [1.54, 1.807) is 4.90 Å². The van der Waals surface area contributed by atoms with Crippen LogP contribution in [0.4, 0.5) is 18.0 Å². The van der Waals surface area contributed by atoms with E-state index < -0.39 is 17.8 Å². The number of hydrogen-bond donors (Lipinski definition) is 1. The quantitative estimate of drug-likeness (QED) is 0.843. The summed E-state index contributed by atoms with van der Waals surface area (Å²) < 4.78 is 42.5. The van der Waals surface area contributed by atoms with Gasteiger partial charge in [-0.15, -0.1) is 0 Å². The zero-order valence-electron chi connectivity index (χ0n) is 13.5. The Hall–Kier alpha value is -2.51. The molecule has 5 nitrogen and oxygen atoms in total. The van der Waals surface area contributed by atoms with Gasteiger partial charge in [0.15, 0.2) is 0 Å². The topological polar surface area (TPSA) is 58.6 Å². The molecule has 1 saturated heterocycles. The monoisotopic (exact) mass is 356 g/mol. The van der Waals surface area contributed by atoms with Crippen molar-refractivity contribution >= 4 is 12.0 Å². The summed E-state index contributed by atoms with van der Waals surface area (Å²) in [4.78, 5) is 25.4. The number of likely N-dealkylation sites (tertiary alicyclic amines) is 1. The van der Waals surface area contributed by atoms with Gasteiger partial charge >= 0.3 is 12.3 Å². The van der Waals surface area contributed by atoms with Gasteiger partial charge in [0.25, 0.3) is 5.91 Å². The lowest BCUT2D eigenvalue weighted by Crippen LogP contribution is -2.46. The number of nitrogens with one attached hydrogen (secondary N) is 1. The molecule has 1 heterocycles. The van der Waals surface area contributed by atoms with Crippen molar-refractivity contribution in [1.82, 2.24) is 10.2 Å². The zero-order valence-corrected chi connectivity index (χ0v) is 13.5. The van der Waals surface area contributed by atoms with Crippen LogP contribution in [0.15, 0.2) is 36.9 Å². The summed E-state index contributed by atoms with van der Waals surface area (Å²) in [6, 6.07) is 4.06. The molecule has 8 heteroatoms. The molecule has 25 heavy (non-hydrogen) atoms. The van der Waals surface area contributed by atoms with Gasteiger partial charge in [-0.2, -0.15) is 13.2 Å². The van der Waals surface area contributed by atoms with Gasteiger partial charge in [0.1, 0.15) is 6.61 Å². The van der Waals surface area contributed by atoms with Crippen molar-refractivity contribution in [2.24, 2.45) is 0 Å². The Morgan fingerprint density at radius 1 is 1.24 bits per heavy atom. The number of amides is 2. The fraction of sp³-hybridized carbons (Fsp3) is 0.412. The summed E-state index contributed by atoms with van der Waals surface area (Å²) in [5.74, 6) is -0.318. The smallest absolute Gasteiger partial charge is 0.416 e. The van der Waals surface area contributed by atoms with Crippen LogP contribution in [-0.2, 0) is 10.9 Å². The first-order chi connectivity index (χ1) is 11.8. The van der Waals surface area contributed by atoms with Gasteiger partial charge in [-0.3, -0.25) is 4.79 Å². The fourth-order valence-corrected chi connectivity index (χ4v) is 2.55. The number of rotatable bonds is 4. The predicted octanol–water partition coefficient (Wildman–Crippen LogP) is 3.22. The Kier molecular flexibility index (Phi) is 6.06. The molecule has 1 aromatic carbocycles. The normalized spacial score (nSPS) is 15.6. The maximum absolute atomic E-state index is 12.6. The average Bonchev–Trinajstić information content (AvgIpc) is 2.59. The maximum Gasteiger partial charge on any atom is 0.416 e. The summed E-state index contributed by atoms with van der Waals surface area (Å²) in [6.07, 6.45) is -2.39. The molecule has 0 spiro atoms. The van der Waals surface area contributed by atoms with E-state index in [0.29, 0.717) is 25.9 Å².